The van der Waals surface area contributed by atoms with Gasteiger partial charge in [-0.3, -0.25) is 0 Å². The van der Waals surface area contributed by atoms with Crippen molar-refractivity contribution in [2.45, 2.75) is 20.8 Å². The largest absolute Gasteiger partial charge is 0.493 e. The van der Waals surface area contributed by atoms with Crippen LogP contribution in [0.15, 0.2) is 158 Å². The van der Waals surface area contributed by atoms with Gasteiger partial charge in [0.05, 0.1) is 11.0 Å². The van der Waals surface area contributed by atoms with Crippen LogP contribution in [0.3, 0.4) is 0 Å². The zero-order chi connectivity index (χ0) is 38.2. The zero-order valence-electron chi connectivity index (χ0n) is 32.0. The van der Waals surface area contributed by atoms with E-state index in [0.29, 0.717) is 11.6 Å². The average Bonchev–Trinajstić information content (AvgIpc) is 3.89. The molecule has 0 bridgehead atoms. The van der Waals surface area contributed by atoms with Gasteiger partial charge in [-0.2, -0.15) is 12.1 Å². The molecule has 11 rings (SSSR count). The van der Waals surface area contributed by atoms with E-state index in [2.05, 4.69) is 185 Å². The maximum absolute atomic E-state index is 6.24. The summed E-state index contributed by atoms with van der Waals surface area (Å²) >= 11 is 0. The van der Waals surface area contributed by atoms with E-state index in [0.717, 1.165) is 61.3 Å². The number of anilines is 4. The van der Waals surface area contributed by atoms with Gasteiger partial charge in [-0.15, -0.1) is 42.7 Å². The Morgan fingerprint density at radius 2 is 1.29 bits per heavy atom. The minimum Gasteiger partial charge on any atom is -0.493 e. The van der Waals surface area contributed by atoms with Crippen LogP contribution in [0.4, 0.5) is 22.7 Å². The number of pyridine rings is 1. The third-order valence-corrected chi connectivity index (χ3v) is 11.1. The number of benzene rings is 7. The molecular formula is C51H36N5OPt-3. The van der Waals surface area contributed by atoms with Crippen molar-refractivity contribution >= 4 is 66.4 Å². The van der Waals surface area contributed by atoms with E-state index in [9.17, 15) is 0 Å². The number of rotatable bonds is 6. The van der Waals surface area contributed by atoms with E-state index >= 15 is 0 Å². The normalized spacial score (nSPS) is 12.5. The van der Waals surface area contributed by atoms with Crippen LogP contribution < -0.4 is 14.5 Å². The Morgan fingerprint density at radius 1 is 0.569 bits per heavy atom. The fourth-order valence-corrected chi connectivity index (χ4v) is 8.89. The van der Waals surface area contributed by atoms with Crippen molar-refractivity contribution < 1.29 is 25.8 Å². The molecule has 0 fully saturated rings. The second-order valence-corrected chi connectivity index (χ2v) is 14.7. The summed E-state index contributed by atoms with van der Waals surface area (Å²) in [5.74, 6) is 1.10. The monoisotopic (exact) mass is 929 g/mol. The molecule has 0 unspecified atom stereocenters. The number of aryl methyl sites for hydroxylation is 3. The first-order valence-corrected chi connectivity index (χ1v) is 19.2. The van der Waals surface area contributed by atoms with Gasteiger partial charge >= 0.3 is 0 Å². The van der Waals surface area contributed by atoms with Crippen molar-refractivity contribution in [3.05, 3.63) is 193 Å². The standard InChI is InChI=1S/C51H36N5O.Pt/c1-33-28-34(2)50(35(3)29-33)54-32-53(44-20-9-10-21-45(44)54)37-23-24-42-47(31-37)55(38-16-13-17-39(30-38)57-48-22-11-12-27-52-48)46-26-25-41-40-18-7-8-19-43(40)56(51(41)49(42)46)36-14-5-4-6-15-36;/h4-29,32H,1-3H3;/q-3;. The fraction of sp³-hybridized carbons (Fsp3) is 0.0588. The molecule has 10 aromatic rings. The number of fused-ring (bicyclic) bond motifs is 8. The zero-order valence-corrected chi connectivity index (χ0v) is 34.3. The second kappa shape index (κ2) is 14.1. The van der Waals surface area contributed by atoms with E-state index in [4.69, 9.17) is 4.74 Å². The first-order chi connectivity index (χ1) is 28.0. The number of aromatic nitrogens is 3. The summed E-state index contributed by atoms with van der Waals surface area (Å²) < 4.78 is 10.9. The average molecular weight is 930 g/mol. The van der Waals surface area contributed by atoms with Gasteiger partial charge in [0.25, 0.3) is 0 Å². The molecule has 7 aromatic carbocycles. The molecule has 6 nitrogen and oxygen atoms in total. The first-order valence-electron chi connectivity index (χ1n) is 19.2. The molecule has 4 heterocycles. The van der Waals surface area contributed by atoms with Gasteiger partial charge < -0.3 is 23.7 Å². The Kier molecular flexibility index (Phi) is 8.69. The smallest absolute Gasteiger partial charge is 0.216 e. The Labute approximate surface area is 351 Å². The topological polar surface area (TPSA) is 38.5 Å². The minimum absolute atomic E-state index is 0. The van der Waals surface area contributed by atoms with Crippen molar-refractivity contribution in [2.75, 3.05) is 9.80 Å². The molecule has 7 heteroatoms. The van der Waals surface area contributed by atoms with Gasteiger partial charge in [0.15, 0.2) is 0 Å². The fourth-order valence-electron chi connectivity index (χ4n) is 8.89. The Morgan fingerprint density at radius 3 is 2.09 bits per heavy atom. The molecule has 58 heavy (non-hydrogen) atoms. The van der Waals surface area contributed by atoms with E-state index in [1.54, 1.807) is 6.20 Å². The Bertz CT molecular complexity index is 3160. The number of hydrogen-bond acceptors (Lipinski definition) is 4. The van der Waals surface area contributed by atoms with Crippen LogP contribution in [-0.4, -0.2) is 14.1 Å². The summed E-state index contributed by atoms with van der Waals surface area (Å²) in [5, 5.41) is 4.65. The summed E-state index contributed by atoms with van der Waals surface area (Å²) in [6, 6.07) is 60.7. The van der Waals surface area contributed by atoms with E-state index in [1.165, 1.54) is 33.2 Å². The summed E-state index contributed by atoms with van der Waals surface area (Å²) in [7, 11) is 0. The van der Waals surface area contributed by atoms with Crippen molar-refractivity contribution in [3.63, 3.8) is 0 Å². The molecular weight excluding hydrogens is 894 g/mol. The van der Waals surface area contributed by atoms with Crippen molar-refractivity contribution in [3.8, 4) is 23.0 Å². The molecule has 3 aromatic heterocycles. The molecule has 0 atom stereocenters. The second-order valence-electron chi connectivity index (χ2n) is 14.7. The van der Waals surface area contributed by atoms with Crippen LogP contribution in [0, 0.1) is 39.6 Å². The molecule has 0 radical (unpaired) electrons. The van der Waals surface area contributed by atoms with Gasteiger partial charge in [0.1, 0.15) is 0 Å². The molecule has 0 aliphatic carbocycles. The molecule has 1 aliphatic heterocycles. The number of ether oxygens (including phenoxy) is 1. The summed E-state index contributed by atoms with van der Waals surface area (Å²) in [4.78, 5) is 8.99. The Balaban J connectivity index is 0.00000408. The molecule has 0 saturated heterocycles. The van der Waals surface area contributed by atoms with Crippen LogP contribution in [0.25, 0.3) is 55.0 Å². The van der Waals surface area contributed by atoms with Crippen LogP contribution in [0.1, 0.15) is 16.7 Å². The molecule has 0 saturated carbocycles. The van der Waals surface area contributed by atoms with Crippen LogP contribution in [0.5, 0.6) is 11.6 Å². The van der Waals surface area contributed by atoms with Crippen molar-refractivity contribution in [2.24, 2.45) is 0 Å². The predicted octanol–water partition coefficient (Wildman–Crippen LogP) is 13.0. The van der Waals surface area contributed by atoms with E-state index in [1.807, 2.05) is 30.3 Å². The molecule has 284 valence electrons. The van der Waals surface area contributed by atoms with Gasteiger partial charge in [-0.05, 0) is 79.7 Å². The van der Waals surface area contributed by atoms with E-state index in [-0.39, 0.29) is 21.1 Å². The minimum atomic E-state index is 0. The van der Waals surface area contributed by atoms with Crippen LogP contribution >= 0.6 is 0 Å². The summed E-state index contributed by atoms with van der Waals surface area (Å²) in [6.45, 7) is 8.76. The quantitative estimate of drug-likeness (QED) is 0.156. The maximum atomic E-state index is 6.24. The Hall–Kier alpha value is -6.62. The van der Waals surface area contributed by atoms with Crippen molar-refractivity contribution in [1.29, 1.82) is 0 Å². The molecule has 0 spiro atoms. The van der Waals surface area contributed by atoms with Gasteiger partial charge in [0.2, 0.25) is 5.88 Å². The SMILES string of the molecule is Cc1cc(C)c(N2[CH-]N(c3[c-]c4c(cc3)c3c(ccc5c6ccccc6n(-c6ccccc6)c53)n4-c3[c-]c(Oc4ccccn4)ccc3)c3ccccc32)c(C)c1.[Pt]. The predicted molar refractivity (Wildman–Crippen MR) is 233 cm³/mol. The third-order valence-electron chi connectivity index (χ3n) is 11.1. The van der Waals surface area contributed by atoms with Gasteiger partial charge in [0, 0.05) is 78.1 Å². The first kappa shape index (κ1) is 35.8. The molecule has 0 N–H and O–H groups in total. The van der Waals surface area contributed by atoms with Gasteiger partial charge in [-0.1, -0.05) is 95.0 Å². The van der Waals surface area contributed by atoms with Crippen molar-refractivity contribution in [1.82, 2.24) is 14.1 Å². The summed E-state index contributed by atoms with van der Waals surface area (Å²) in [5.41, 5.74) is 14.4. The number of nitrogens with zero attached hydrogens (tertiary/aromatic N) is 5. The van der Waals surface area contributed by atoms with Crippen LogP contribution in [-0.2, 0) is 21.1 Å². The number of hydrogen-bond donors (Lipinski definition) is 0. The summed E-state index contributed by atoms with van der Waals surface area (Å²) in [6.07, 6.45) is 1.73. The third kappa shape index (κ3) is 5.62. The molecule has 1 aliphatic rings. The van der Waals surface area contributed by atoms with Gasteiger partial charge in [-0.25, -0.2) is 4.98 Å². The molecule has 0 amide bonds. The van der Waals surface area contributed by atoms with E-state index < -0.39 is 0 Å². The van der Waals surface area contributed by atoms with Crippen LogP contribution in [0.2, 0.25) is 0 Å². The number of para-hydroxylation sites is 4. The maximum Gasteiger partial charge on any atom is 0.216 e.